The molecule has 1 aromatic carbocycles. The van der Waals surface area contributed by atoms with Gasteiger partial charge in [0.15, 0.2) is 12.4 Å². The van der Waals surface area contributed by atoms with Gasteiger partial charge in [-0.25, -0.2) is 9.36 Å². The van der Waals surface area contributed by atoms with E-state index in [9.17, 15) is 28.8 Å². The molecule has 0 spiro atoms. The monoisotopic (exact) mass is 488 g/mol. The summed E-state index contributed by atoms with van der Waals surface area (Å²) in [7, 11) is -8.67. The van der Waals surface area contributed by atoms with Crippen LogP contribution in [0, 0.1) is 0 Å². The number of ether oxygens (including phenoxy) is 2. The lowest BCUT2D eigenvalue weighted by atomic mass is 10.2. The molecule has 0 aliphatic carbocycles. The van der Waals surface area contributed by atoms with Gasteiger partial charge in [-0.1, -0.05) is 18.2 Å². The number of benzene rings is 1. The minimum absolute atomic E-state index is 0.120. The lowest BCUT2D eigenvalue weighted by Gasteiger charge is -2.41. The second-order valence-corrected chi connectivity index (χ2v) is 11.8. The molecular weight excluding hydrogens is 464 g/mol. The number of aromatic nitrogens is 1. The molecule has 1 aliphatic heterocycles. The van der Waals surface area contributed by atoms with E-state index in [4.69, 9.17) is 18.5 Å². The van der Waals surface area contributed by atoms with E-state index in [2.05, 4.69) is 0 Å². The van der Waals surface area contributed by atoms with Crippen LogP contribution in [0.15, 0.2) is 48.8 Å². The molecular formula is C19H24NO10P2+. The Morgan fingerprint density at radius 2 is 1.78 bits per heavy atom. The molecule has 2 heterocycles. The molecule has 32 heavy (non-hydrogen) atoms. The first kappa shape index (κ1) is 24.5. The van der Waals surface area contributed by atoms with Crippen molar-refractivity contribution in [1.82, 2.24) is 0 Å². The molecule has 3 N–H and O–H groups in total. The van der Waals surface area contributed by atoms with Crippen molar-refractivity contribution in [3.05, 3.63) is 59.9 Å². The van der Waals surface area contributed by atoms with E-state index in [1.807, 2.05) is 0 Å². The molecule has 11 nitrogen and oxygen atoms in total. The number of hydrogen-bond donors (Lipinski definition) is 3. The van der Waals surface area contributed by atoms with E-state index >= 15 is 0 Å². The van der Waals surface area contributed by atoms with Gasteiger partial charge in [0.25, 0.3) is 5.08 Å². The fourth-order valence-corrected chi connectivity index (χ4v) is 6.59. The van der Waals surface area contributed by atoms with Gasteiger partial charge in [0, 0.05) is 18.1 Å². The van der Waals surface area contributed by atoms with E-state index in [-0.39, 0.29) is 11.3 Å². The van der Waals surface area contributed by atoms with Gasteiger partial charge in [-0.05, 0) is 26.0 Å². The van der Waals surface area contributed by atoms with E-state index in [0.717, 1.165) is 0 Å². The van der Waals surface area contributed by atoms with Crippen LogP contribution in [0.3, 0.4) is 0 Å². The molecule has 174 valence electrons. The van der Waals surface area contributed by atoms with E-state index in [0.29, 0.717) is 5.56 Å². The fourth-order valence-electron chi connectivity index (χ4n) is 3.02. The number of hydrogen-bond acceptors (Lipinski definition) is 8. The van der Waals surface area contributed by atoms with Crippen LogP contribution in [0.4, 0.5) is 4.79 Å². The van der Waals surface area contributed by atoms with Crippen LogP contribution in [0.1, 0.15) is 31.3 Å². The Balaban J connectivity index is 1.93. The molecule has 2 atom stereocenters. The lowest BCUT2D eigenvalue weighted by molar-refractivity contribution is -0.671. The van der Waals surface area contributed by atoms with Crippen LogP contribution in [0.2, 0.25) is 0 Å². The highest BCUT2D eigenvalue weighted by Crippen LogP contribution is 2.79. The highest BCUT2D eigenvalue weighted by atomic mass is 31.2. The average Bonchev–Trinajstić information content (AvgIpc) is 2.65. The molecule has 1 saturated heterocycles. The number of rotatable bonds is 5. The summed E-state index contributed by atoms with van der Waals surface area (Å²) in [5.74, 6) is -0.177. The van der Waals surface area contributed by atoms with Gasteiger partial charge in [0.2, 0.25) is 6.29 Å². The second kappa shape index (κ2) is 9.03. The SMILES string of the molecule is CC(C)OC(=O)Oc1ccccc1C1OP(=O)(O)C(O)(Cc2ccc[n+](C)c2)P(=O)(O)O1. The molecule has 13 heteroatoms. The van der Waals surface area contributed by atoms with E-state index in [1.54, 1.807) is 37.7 Å². The lowest BCUT2D eigenvalue weighted by Crippen LogP contribution is -2.38. The van der Waals surface area contributed by atoms with Crippen molar-refractivity contribution in [3.63, 3.8) is 0 Å². The maximum absolute atomic E-state index is 13.0. The molecule has 0 saturated carbocycles. The second-order valence-electron chi connectivity index (χ2n) is 7.47. The molecule has 2 aromatic rings. The molecule has 3 rings (SSSR count). The zero-order valence-electron chi connectivity index (χ0n) is 17.5. The average molecular weight is 488 g/mol. The van der Waals surface area contributed by atoms with Gasteiger partial charge in [-0.2, -0.15) is 0 Å². The number of aryl methyl sites for hydroxylation is 1. The fraction of sp³-hybridized carbons (Fsp3) is 0.368. The van der Waals surface area contributed by atoms with Crippen molar-refractivity contribution in [2.75, 3.05) is 0 Å². The van der Waals surface area contributed by atoms with Crippen LogP contribution in [-0.4, -0.2) is 32.2 Å². The highest BCUT2D eigenvalue weighted by molar-refractivity contribution is 7.73. The van der Waals surface area contributed by atoms with Crippen molar-refractivity contribution in [2.24, 2.45) is 7.05 Å². The Labute approximate surface area is 184 Å². The summed E-state index contributed by atoms with van der Waals surface area (Å²) in [6, 6.07) is 8.70. The molecule has 2 unspecified atom stereocenters. The number of aliphatic hydroxyl groups is 1. The third-order valence-electron chi connectivity index (χ3n) is 4.52. The highest BCUT2D eigenvalue weighted by Gasteiger charge is 2.67. The predicted octanol–water partition coefficient (Wildman–Crippen LogP) is 2.74. The van der Waals surface area contributed by atoms with Crippen molar-refractivity contribution in [1.29, 1.82) is 0 Å². The Morgan fingerprint density at radius 3 is 2.38 bits per heavy atom. The summed E-state index contributed by atoms with van der Waals surface area (Å²) in [4.78, 5) is 32.9. The first-order chi connectivity index (χ1) is 14.8. The first-order valence-corrected chi connectivity index (χ1v) is 12.7. The van der Waals surface area contributed by atoms with Crippen LogP contribution in [0.25, 0.3) is 0 Å². The zero-order chi connectivity index (χ0) is 23.7. The third-order valence-corrected chi connectivity index (χ3v) is 9.12. The Bertz CT molecular complexity index is 1080. The van der Waals surface area contributed by atoms with Crippen molar-refractivity contribution >= 4 is 21.3 Å². The normalized spacial score (nSPS) is 30.2. The summed E-state index contributed by atoms with van der Waals surface area (Å²) in [5.41, 5.74) is 0.178. The number of para-hydroxylation sites is 1. The Morgan fingerprint density at radius 1 is 1.16 bits per heavy atom. The summed E-state index contributed by atoms with van der Waals surface area (Å²) in [6.45, 7) is 3.22. The molecule has 0 amide bonds. The van der Waals surface area contributed by atoms with E-state index < -0.39 is 45.2 Å². The smallest absolute Gasteiger partial charge is 0.431 e. The number of carbonyl (C=O) groups is 1. The predicted molar refractivity (Wildman–Crippen MR) is 110 cm³/mol. The van der Waals surface area contributed by atoms with E-state index in [1.165, 1.54) is 36.5 Å². The number of pyridine rings is 1. The molecule has 1 aromatic heterocycles. The van der Waals surface area contributed by atoms with Gasteiger partial charge < -0.3 is 24.4 Å². The molecule has 1 aliphatic rings. The first-order valence-electron chi connectivity index (χ1n) is 9.51. The summed E-state index contributed by atoms with van der Waals surface area (Å²) in [6.07, 6.45) is -0.909. The Kier molecular flexibility index (Phi) is 6.93. The minimum Gasteiger partial charge on any atom is -0.431 e. The number of nitrogens with zero attached hydrogens (tertiary/aromatic N) is 1. The quantitative estimate of drug-likeness (QED) is 0.248. The number of carbonyl (C=O) groups excluding carboxylic acids is 1. The maximum Gasteiger partial charge on any atom is 0.514 e. The van der Waals surface area contributed by atoms with Crippen molar-refractivity contribution in [2.45, 2.75) is 37.7 Å². The topological polar surface area (TPSA) is 153 Å². The summed E-state index contributed by atoms with van der Waals surface area (Å²) < 4.78 is 47.7. The van der Waals surface area contributed by atoms with Crippen molar-refractivity contribution in [3.8, 4) is 5.75 Å². The molecule has 1 fully saturated rings. The van der Waals surface area contributed by atoms with Gasteiger partial charge >= 0.3 is 21.3 Å². The molecule has 0 radical (unpaired) electrons. The van der Waals surface area contributed by atoms with Gasteiger partial charge in [0.05, 0.1) is 11.7 Å². The summed E-state index contributed by atoms with van der Waals surface area (Å²) in [5, 5.41) is 7.74. The van der Waals surface area contributed by atoms with Gasteiger partial charge in [0.1, 0.15) is 12.8 Å². The van der Waals surface area contributed by atoms with Crippen molar-refractivity contribution < 1.29 is 51.9 Å². The Hall–Kier alpha value is -2.10. The van der Waals surface area contributed by atoms with Gasteiger partial charge in [-0.3, -0.25) is 18.2 Å². The largest absolute Gasteiger partial charge is 0.514 e. The standard InChI is InChI=1S/C19H23NO10P2/c1-13(2)27-18(21)28-16-9-5-4-8-15(16)17-29-31(23,24)19(22,32(25,26)30-17)11-14-7-6-10-20(3)12-14/h4-10,12-13,17,22H,11H2,1-3H3,(H-,23,24,25,26)/p+1. The maximum atomic E-state index is 13.0. The van der Waals surface area contributed by atoms with Crippen LogP contribution < -0.4 is 9.30 Å². The van der Waals surface area contributed by atoms with Crippen LogP contribution in [-0.2, 0) is 36.4 Å². The third kappa shape index (κ3) is 4.94. The zero-order valence-corrected chi connectivity index (χ0v) is 19.3. The van der Waals surface area contributed by atoms with Crippen LogP contribution in [0.5, 0.6) is 5.75 Å². The van der Waals surface area contributed by atoms with Crippen LogP contribution >= 0.6 is 15.2 Å². The molecule has 0 bridgehead atoms. The summed E-state index contributed by atoms with van der Waals surface area (Å²) >= 11 is 0. The van der Waals surface area contributed by atoms with Gasteiger partial charge in [-0.15, -0.1) is 0 Å². The minimum atomic E-state index is -5.17.